The van der Waals surface area contributed by atoms with E-state index in [9.17, 15) is 4.79 Å². The van der Waals surface area contributed by atoms with Gasteiger partial charge in [-0.25, -0.2) is 0 Å². The molecule has 0 aliphatic rings. The van der Waals surface area contributed by atoms with Crippen molar-refractivity contribution in [3.63, 3.8) is 0 Å². The number of anilines is 1. The van der Waals surface area contributed by atoms with Gasteiger partial charge in [-0.15, -0.1) is 0 Å². The van der Waals surface area contributed by atoms with Crippen molar-refractivity contribution in [3.8, 4) is 0 Å². The SMILES string of the molecule is CCC(C)CNC(=O)c1cc(N)ccc1Br. The molecule has 0 bridgehead atoms. The number of rotatable bonds is 4. The molecule has 3 N–H and O–H groups in total. The Balaban J connectivity index is 2.69. The molecule has 0 aliphatic heterocycles. The molecule has 1 aromatic rings. The lowest BCUT2D eigenvalue weighted by atomic mass is 10.1. The number of carbonyl (C=O) groups is 1. The Morgan fingerprint density at radius 3 is 2.88 bits per heavy atom. The number of hydrogen-bond donors (Lipinski definition) is 2. The van der Waals surface area contributed by atoms with Crippen LogP contribution in [0.3, 0.4) is 0 Å². The summed E-state index contributed by atoms with van der Waals surface area (Å²) in [6.45, 7) is 4.90. The van der Waals surface area contributed by atoms with Gasteiger partial charge in [0, 0.05) is 16.7 Å². The van der Waals surface area contributed by atoms with Crippen LogP contribution in [0.1, 0.15) is 30.6 Å². The van der Waals surface area contributed by atoms with Crippen molar-refractivity contribution in [2.24, 2.45) is 5.92 Å². The molecule has 0 heterocycles. The molecule has 0 saturated carbocycles. The van der Waals surface area contributed by atoms with Crippen LogP contribution in [0.5, 0.6) is 0 Å². The Morgan fingerprint density at radius 2 is 2.25 bits per heavy atom. The molecule has 0 saturated heterocycles. The molecule has 1 unspecified atom stereocenters. The van der Waals surface area contributed by atoms with E-state index in [-0.39, 0.29) is 5.91 Å². The van der Waals surface area contributed by atoms with E-state index in [2.05, 4.69) is 35.1 Å². The van der Waals surface area contributed by atoms with Gasteiger partial charge in [-0.3, -0.25) is 4.79 Å². The number of nitrogens with two attached hydrogens (primary N) is 1. The van der Waals surface area contributed by atoms with Crippen molar-refractivity contribution >= 4 is 27.5 Å². The Bertz CT molecular complexity index is 379. The molecule has 1 atom stereocenters. The highest BCUT2D eigenvalue weighted by Crippen LogP contribution is 2.19. The number of nitrogen functional groups attached to an aromatic ring is 1. The fourth-order valence-corrected chi connectivity index (χ4v) is 1.65. The molecule has 0 aliphatic carbocycles. The third-order valence-electron chi connectivity index (χ3n) is 2.54. The minimum atomic E-state index is -0.0838. The second-order valence-electron chi connectivity index (χ2n) is 3.96. The molecule has 0 fully saturated rings. The first-order valence-corrected chi connectivity index (χ1v) is 6.17. The van der Waals surface area contributed by atoms with Crippen molar-refractivity contribution < 1.29 is 4.79 Å². The van der Waals surface area contributed by atoms with Gasteiger partial charge < -0.3 is 11.1 Å². The zero-order chi connectivity index (χ0) is 12.1. The van der Waals surface area contributed by atoms with Crippen LogP contribution in [0, 0.1) is 5.92 Å². The van der Waals surface area contributed by atoms with E-state index in [4.69, 9.17) is 5.73 Å². The molecule has 3 nitrogen and oxygen atoms in total. The number of carbonyl (C=O) groups excluding carboxylic acids is 1. The molecule has 1 amide bonds. The van der Waals surface area contributed by atoms with Crippen LogP contribution in [-0.2, 0) is 0 Å². The van der Waals surface area contributed by atoms with Crippen LogP contribution in [-0.4, -0.2) is 12.5 Å². The molecule has 1 rings (SSSR count). The molecule has 0 aromatic heterocycles. The zero-order valence-electron chi connectivity index (χ0n) is 9.59. The summed E-state index contributed by atoms with van der Waals surface area (Å²) in [7, 11) is 0. The van der Waals surface area contributed by atoms with E-state index >= 15 is 0 Å². The first-order valence-electron chi connectivity index (χ1n) is 5.37. The van der Waals surface area contributed by atoms with Gasteiger partial charge in [-0.05, 0) is 40.0 Å². The van der Waals surface area contributed by atoms with E-state index in [0.29, 0.717) is 23.7 Å². The maximum absolute atomic E-state index is 11.8. The molecule has 88 valence electrons. The van der Waals surface area contributed by atoms with Crippen LogP contribution >= 0.6 is 15.9 Å². The number of amides is 1. The predicted molar refractivity (Wildman–Crippen MR) is 70.3 cm³/mol. The summed E-state index contributed by atoms with van der Waals surface area (Å²) in [5.74, 6) is 0.406. The van der Waals surface area contributed by atoms with Crippen LogP contribution < -0.4 is 11.1 Å². The van der Waals surface area contributed by atoms with Gasteiger partial charge >= 0.3 is 0 Å². The minimum Gasteiger partial charge on any atom is -0.399 e. The summed E-state index contributed by atoms with van der Waals surface area (Å²) < 4.78 is 0.767. The highest BCUT2D eigenvalue weighted by molar-refractivity contribution is 9.10. The van der Waals surface area contributed by atoms with Crippen LogP contribution in [0.15, 0.2) is 22.7 Å². The topological polar surface area (TPSA) is 55.1 Å². The summed E-state index contributed by atoms with van der Waals surface area (Å²) >= 11 is 3.34. The first-order chi connectivity index (χ1) is 7.54. The van der Waals surface area contributed by atoms with Gasteiger partial charge in [0.1, 0.15) is 0 Å². The summed E-state index contributed by atoms with van der Waals surface area (Å²) in [6.07, 6.45) is 1.05. The molecule has 0 radical (unpaired) electrons. The molecule has 1 aromatic carbocycles. The fourth-order valence-electron chi connectivity index (χ4n) is 1.22. The number of nitrogens with one attached hydrogen (secondary N) is 1. The van der Waals surface area contributed by atoms with E-state index in [1.165, 1.54) is 0 Å². The lowest BCUT2D eigenvalue weighted by Crippen LogP contribution is -2.28. The van der Waals surface area contributed by atoms with Gasteiger partial charge in [0.05, 0.1) is 5.56 Å². The van der Waals surface area contributed by atoms with Crippen molar-refractivity contribution in [2.45, 2.75) is 20.3 Å². The predicted octanol–water partition coefficient (Wildman–Crippen LogP) is 2.81. The van der Waals surface area contributed by atoms with Gasteiger partial charge in [0.15, 0.2) is 0 Å². The fraction of sp³-hybridized carbons (Fsp3) is 0.417. The Kier molecular flexibility index (Phi) is 4.80. The maximum Gasteiger partial charge on any atom is 0.252 e. The molecule has 16 heavy (non-hydrogen) atoms. The highest BCUT2D eigenvalue weighted by atomic mass is 79.9. The summed E-state index contributed by atoms with van der Waals surface area (Å²) in [4.78, 5) is 11.8. The largest absolute Gasteiger partial charge is 0.399 e. The first kappa shape index (κ1) is 13.0. The smallest absolute Gasteiger partial charge is 0.252 e. The number of hydrogen-bond acceptors (Lipinski definition) is 2. The van der Waals surface area contributed by atoms with E-state index in [1.807, 2.05) is 0 Å². The van der Waals surface area contributed by atoms with Crippen LogP contribution in [0.4, 0.5) is 5.69 Å². The standard InChI is InChI=1S/C12H17BrN2O/c1-3-8(2)7-15-12(16)10-6-9(14)4-5-11(10)13/h4-6,8H,3,7,14H2,1-2H3,(H,15,16). The number of halogens is 1. The third kappa shape index (κ3) is 3.52. The van der Waals surface area contributed by atoms with Gasteiger partial charge in [-0.1, -0.05) is 20.3 Å². The second-order valence-corrected chi connectivity index (χ2v) is 4.82. The lowest BCUT2D eigenvalue weighted by molar-refractivity contribution is 0.0947. The average molecular weight is 285 g/mol. The van der Waals surface area contributed by atoms with Crippen LogP contribution in [0.25, 0.3) is 0 Å². The van der Waals surface area contributed by atoms with Crippen molar-refractivity contribution in [2.75, 3.05) is 12.3 Å². The van der Waals surface area contributed by atoms with Crippen molar-refractivity contribution in [1.82, 2.24) is 5.32 Å². The van der Waals surface area contributed by atoms with Crippen molar-refractivity contribution in [1.29, 1.82) is 0 Å². The zero-order valence-corrected chi connectivity index (χ0v) is 11.2. The van der Waals surface area contributed by atoms with Gasteiger partial charge in [0.25, 0.3) is 5.91 Å². The average Bonchev–Trinajstić information content (AvgIpc) is 2.28. The maximum atomic E-state index is 11.8. The van der Waals surface area contributed by atoms with E-state index in [1.54, 1.807) is 18.2 Å². The number of benzene rings is 1. The van der Waals surface area contributed by atoms with E-state index in [0.717, 1.165) is 10.9 Å². The Hall–Kier alpha value is -1.03. The van der Waals surface area contributed by atoms with Crippen LogP contribution in [0.2, 0.25) is 0 Å². The highest BCUT2D eigenvalue weighted by Gasteiger charge is 2.10. The quantitative estimate of drug-likeness (QED) is 0.836. The minimum absolute atomic E-state index is 0.0838. The Labute approximate surface area is 105 Å². The van der Waals surface area contributed by atoms with E-state index < -0.39 is 0 Å². The lowest BCUT2D eigenvalue weighted by Gasteiger charge is -2.11. The van der Waals surface area contributed by atoms with Gasteiger partial charge in [0.2, 0.25) is 0 Å². The molecular formula is C12H17BrN2O. The van der Waals surface area contributed by atoms with Crippen molar-refractivity contribution in [3.05, 3.63) is 28.2 Å². The monoisotopic (exact) mass is 284 g/mol. The second kappa shape index (κ2) is 5.89. The summed E-state index contributed by atoms with van der Waals surface area (Å²) in [5.41, 5.74) is 6.83. The van der Waals surface area contributed by atoms with Gasteiger partial charge in [-0.2, -0.15) is 0 Å². The molecule has 4 heteroatoms. The summed E-state index contributed by atoms with van der Waals surface area (Å²) in [5, 5.41) is 2.89. The normalized spacial score (nSPS) is 12.2. The summed E-state index contributed by atoms with van der Waals surface area (Å²) in [6, 6.07) is 5.22. The Morgan fingerprint density at radius 1 is 1.56 bits per heavy atom. The molecular weight excluding hydrogens is 268 g/mol. The third-order valence-corrected chi connectivity index (χ3v) is 3.23. The molecule has 0 spiro atoms.